The molecule has 0 fully saturated rings. The molecule has 0 aliphatic heterocycles. The maximum absolute atomic E-state index is 7.02. The van der Waals surface area contributed by atoms with E-state index in [1.807, 2.05) is 13.8 Å². The predicted octanol–water partition coefficient (Wildman–Crippen LogP) is 3.24. The molecule has 0 heterocycles. The Balaban J connectivity index is 2.77. The van der Waals surface area contributed by atoms with Gasteiger partial charge < -0.3 is 4.85 Å². The summed E-state index contributed by atoms with van der Waals surface area (Å²) in [6.07, 6.45) is 0.830. The van der Waals surface area contributed by atoms with Crippen molar-refractivity contribution in [3.63, 3.8) is 0 Å². The van der Waals surface area contributed by atoms with Crippen molar-refractivity contribution < 1.29 is 0 Å². The van der Waals surface area contributed by atoms with Crippen LogP contribution >= 0.6 is 0 Å². The van der Waals surface area contributed by atoms with Crippen LogP contribution in [0.3, 0.4) is 0 Å². The number of rotatable bonds is 2. The highest BCUT2D eigenvalue weighted by Crippen LogP contribution is 2.16. The molecule has 0 spiro atoms. The molecule has 1 aromatic carbocycles. The lowest BCUT2D eigenvalue weighted by atomic mass is 9.95. The monoisotopic (exact) mass is 173 g/mol. The van der Waals surface area contributed by atoms with Gasteiger partial charge in [-0.1, -0.05) is 29.8 Å². The van der Waals surface area contributed by atoms with Crippen molar-refractivity contribution in [1.82, 2.24) is 0 Å². The van der Waals surface area contributed by atoms with Crippen LogP contribution in [0.15, 0.2) is 24.3 Å². The molecule has 0 amide bonds. The van der Waals surface area contributed by atoms with Crippen molar-refractivity contribution in [1.29, 1.82) is 0 Å². The third-order valence-corrected chi connectivity index (χ3v) is 2.06. The van der Waals surface area contributed by atoms with Gasteiger partial charge in [0.05, 0.1) is 6.42 Å². The van der Waals surface area contributed by atoms with Crippen molar-refractivity contribution in [3.8, 4) is 0 Å². The number of benzene rings is 1. The van der Waals surface area contributed by atoms with E-state index in [-0.39, 0.29) is 5.54 Å². The molecule has 1 heteroatoms. The van der Waals surface area contributed by atoms with Gasteiger partial charge in [0.15, 0.2) is 0 Å². The molecule has 13 heavy (non-hydrogen) atoms. The number of hydrogen-bond donors (Lipinski definition) is 0. The second kappa shape index (κ2) is 3.62. The number of nitrogens with zero attached hydrogens (tertiary/aromatic N) is 1. The Bertz CT molecular complexity index is 314. The van der Waals surface area contributed by atoms with E-state index in [9.17, 15) is 0 Å². The quantitative estimate of drug-likeness (QED) is 0.605. The SMILES string of the molecule is [C-]#[N+]C(C)(C)Cc1ccc(C)cc1. The van der Waals surface area contributed by atoms with Crippen LogP contribution < -0.4 is 0 Å². The van der Waals surface area contributed by atoms with Gasteiger partial charge in [0, 0.05) is 13.8 Å². The molecule has 0 aliphatic rings. The van der Waals surface area contributed by atoms with Crippen LogP contribution in [0, 0.1) is 13.5 Å². The summed E-state index contributed by atoms with van der Waals surface area (Å²) in [5, 5.41) is 0. The molecule has 0 bridgehead atoms. The fourth-order valence-electron chi connectivity index (χ4n) is 1.24. The molecular weight excluding hydrogens is 158 g/mol. The van der Waals surface area contributed by atoms with Crippen molar-refractivity contribution in [2.45, 2.75) is 32.7 Å². The average molecular weight is 173 g/mol. The van der Waals surface area contributed by atoms with Crippen LogP contribution in [0.25, 0.3) is 4.85 Å². The fourth-order valence-corrected chi connectivity index (χ4v) is 1.24. The van der Waals surface area contributed by atoms with Gasteiger partial charge in [0.2, 0.25) is 5.54 Å². The second-order valence-electron chi connectivity index (χ2n) is 4.09. The van der Waals surface area contributed by atoms with E-state index in [0.717, 1.165) is 6.42 Å². The molecular formula is C12H15N. The van der Waals surface area contributed by atoms with Crippen molar-refractivity contribution in [2.24, 2.45) is 0 Å². The Morgan fingerprint density at radius 1 is 1.23 bits per heavy atom. The topological polar surface area (TPSA) is 4.36 Å². The Labute approximate surface area is 80.2 Å². The van der Waals surface area contributed by atoms with Gasteiger partial charge in [0.1, 0.15) is 0 Å². The third kappa shape index (κ3) is 2.91. The van der Waals surface area contributed by atoms with Crippen molar-refractivity contribution >= 4 is 0 Å². The molecule has 0 saturated heterocycles. The molecule has 0 saturated carbocycles. The first kappa shape index (κ1) is 9.80. The first-order chi connectivity index (χ1) is 6.03. The summed E-state index contributed by atoms with van der Waals surface area (Å²) in [5.74, 6) is 0. The van der Waals surface area contributed by atoms with Gasteiger partial charge in [-0.3, -0.25) is 0 Å². The smallest absolute Gasteiger partial charge is 0.231 e. The lowest BCUT2D eigenvalue weighted by Crippen LogP contribution is -2.17. The zero-order chi connectivity index (χ0) is 9.90. The Hall–Kier alpha value is -1.29. The number of hydrogen-bond acceptors (Lipinski definition) is 0. The fraction of sp³-hybridized carbons (Fsp3) is 0.417. The molecule has 0 aromatic heterocycles. The summed E-state index contributed by atoms with van der Waals surface area (Å²) in [7, 11) is 0. The van der Waals surface area contributed by atoms with E-state index in [1.54, 1.807) is 0 Å². The van der Waals surface area contributed by atoms with Crippen LogP contribution in [-0.4, -0.2) is 5.54 Å². The maximum Gasteiger partial charge on any atom is 0.231 e. The van der Waals surface area contributed by atoms with E-state index in [1.165, 1.54) is 11.1 Å². The minimum absolute atomic E-state index is 0.269. The number of aryl methyl sites for hydroxylation is 1. The first-order valence-electron chi connectivity index (χ1n) is 4.48. The third-order valence-electron chi connectivity index (χ3n) is 2.06. The maximum atomic E-state index is 7.02. The van der Waals surface area contributed by atoms with Gasteiger partial charge in [-0.15, -0.1) is 0 Å². The summed E-state index contributed by atoms with van der Waals surface area (Å²) >= 11 is 0. The van der Waals surface area contributed by atoms with Crippen LogP contribution in [-0.2, 0) is 6.42 Å². The summed E-state index contributed by atoms with van der Waals surface area (Å²) in [4.78, 5) is 3.59. The van der Waals surface area contributed by atoms with E-state index in [0.29, 0.717) is 0 Å². The van der Waals surface area contributed by atoms with Crippen LogP contribution in [0.1, 0.15) is 25.0 Å². The van der Waals surface area contributed by atoms with Gasteiger partial charge in [-0.2, -0.15) is 0 Å². The van der Waals surface area contributed by atoms with Crippen molar-refractivity contribution in [3.05, 3.63) is 46.8 Å². The summed E-state index contributed by atoms with van der Waals surface area (Å²) in [6, 6.07) is 8.38. The van der Waals surface area contributed by atoms with Gasteiger partial charge in [-0.05, 0) is 12.5 Å². The highest BCUT2D eigenvalue weighted by Gasteiger charge is 2.22. The van der Waals surface area contributed by atoms with Crippen LogP contribution in [0.2, 0.25) is 0 Å². The van der Waals surface area contributed by atoms with E-state index in [4.69, 9.17) is 6.57 Å². The largest absolute Gasteiger partial charge is 0.311 e. The Kier molecular flexibility index (Phi) is 2.72. The Morgan fingerprint density at radius 2 is 1.77 bits per heavy atom. The highest BCUT2D eigenvalue weighted by atomic mass is 14.8. The molecule has 0 unspecified atom stereocenters. The van der Waals surface area contributed by atoms with Gasteiger partial charge >= 0.3 is 0 Å². The minimum Gasteiger partial charge on any atom is -0.311 e. The Morgan fingerprint density at radius 3 is 2.23 bits per heavy atom. The lowest BCUT2D eigenvalue weighted by Gasteiger charge is -2.10. The second-order valence-corrected chi connectivity index (χ2v) is 4.09. The average Bonchev–Trinajstić information content (AvgIpc) is 2.09. The highest BCUT2D eigenvalue weighted by molar-refractivity contribution is 5.23. The molecule has 0 aliphatic carbocycles. The molecule has 1 nitrogen and oxygen atoms in total. The van der Waals surface area contributed by atoms with Gasteiger partial charge in [0.25, 0.3) is 0 Å². The van der Waals surface area contributed by atoms with Crippen LogP contribution in [0.4, 0.5) is 0 Å². The van der Waals surface area contributed by atoms with E-state index in [2.05, 4.69) is 36.0 Å². The normalized spacial score (nSPS) is 10.9. The summed E-state index contributed by atoms with van der Waals surface area (Å²) in [5.41, 5.74) is 2.24. The molecule has 1 rings (SSSR count). The van der Waals surface area contributed by atoms with Crippen LogP contribution in [0.5, 0.6) is 0 Å². The van der Waals surface area contributed by atoms with Crippen molar-refractivity contribution in [2.75, 3.05) is 0 Å². The first-order valence-corrected chi connectivity index (χ1v) is 4.48. The molecule has 0 N–H and O–H groups in total. The van der Waals surface area contributed by atoms with Gasteiger partial charge in [-0.25, -0.2) is 6.57 Å². The predicted molar refractivity (Wildman–Crippen MR) is 55.6 cm³/mol. The molecule has 1 aromatic rings. The van der Waals surface area contributed by atoms with E-state index < -0.39 is 0 Å². The summed E-state index contributed by atoms with van der Waals surface area (Å²) < 4.78 is 0. The van der Waals surface area contributed by atoms with E-state index >= 15 is 0 Å². The molecule has 0 radical (unpaired) electrons. The zero-order valence-corrected chi connectivity index (χ0v) is 8.46. The summed E-state index contributed by atoms with van der Waals surface area (Å²) in [6.45, 7) is 13.0. The minimum atomic E-state index is -0.269. The standard InChI is InChI=1S/C12H15N/c1-10-5-7-11(8-6-10)9-12(2,3)13-4/h5-8H,9H2,1-3H3. The molecule has 68 valence electrons. The lowest BCUT2D eigenvalue weighted by molar-refractivity contribution is 0.609. The zero-order valence-electron chi connectivity index (χ0n) is 8.46. The molecule has 0 atom stereocenters.